The van der Waals surface area contributed by atoms with E-state index in [2.05, 4.69) is 254 Å². The van der Waals surface area contributed by atoms with Crippen LogP contribution in [-0.4, -0.2) is 0 Å². The molecule has 0 aliphatic heterocycles. The molecule has 0 heterocycles. The molecule has 0 amide bonds. The molecule has 2 nitrogen and oxygen atoms in total. The van der Waals surface area contributed by atoms with Gasteiger partial charge in [0.25, 0.3) is 0 Å². The summed E-state index contributed by atoms with van der Waals surface area (Å²) in [5.41, 5.74) is 21.8. The summed E-state index contributed by atoms with van der Waals surface area (Å²) in [6.45, 7) is 4.76. The normalized spacial score (nSPS) is 15.5. The maximum Gasteiger partial charge on any atom is 0.0747 e. The maximum absolute atomic E-state index is 2.56. The zero-order valence-corrected chi connectivity index (χ0v) is 35.8. The van der Waals surface area contributed by atoms with E-state index in [9.17, 15) is 0 Å². The molecule has 10 aromatic carbocycles. The van der Waals surface area contributed by atoms with Crippen LogP contribution < -0.4 is 9.80 Å². The molecule has 13 rings (SSSR count). The summed E-state index contributed by atoms with van der Waals surface area (Å²) in [6.07, 6.45) is 0. The second-order valence-corrected chi connectivity index (χ2v) is 18.0. The summed E-state index contributed by atoms with van der Waals surface area (Å²) >= 11 is 0. The third kappa shape index (κ3) is 4.97. The van der Waals surface area contributed by atoms with Crippen LogP contribution in [-0.2, 0) is 10.8 Å². The molecule has 0 saturated carbocycles. The van der Waals surface area contributed by atoms with Crippen LogP contribution in [0.3, 0.4) is 0 Å². The molecular formula is C62H44N2. The Balaban J connectivity index is 1.16. The molecule has 3 aliphatic rings. The van der Waals surface area contributed by atoms with Crippen LogP contribution in [0.1, 0.15) is 47.2 Å². The molecule has 0 bridgehead atoms. The number of para-hydroxylation sites is 3. The van der Waals surface area contributed by atoms with Crippen molar-refractivity contribution in [2.45, 2.75) is 24.7 Å². The summed E-state index contributed by atoms with van der Waals surface area (Å²) in [6, 6.07) is 85.8. The summed E-state index contributed by atoms with van der Waals surface area (Å²) in [5, 5.41) is 2.49. The van der Waals surface area contributed by atoms with Crippen molar-refractivity contribution in [1.29, 1.82) is 0 Å². The van der Waals surface area contributed by atoms with E-state index in [1.807, 2.05) is 0 Å². The Bertz CT molecular complexity index is 3440. The average molecular weight is 817 g/mol. The smallest absolute Gasteiger partial charge is 0.0747 e. The molecule has 1 unspecified atom stereocenters. The SMILES string of the molecule is CC1(C)c2ccccc2-c2ccc(N(c3ccccc3)c3cc4ccccc4c4c3C3(c5ccccc5-c5c(N(c6ccccc6)c6ccccc6)cccc53)c3ccccc3-4)cc21. The average Bonchev–Trinajstić information content (AvgIpc) is 3.92. The molecule has 2 heteroatoms. The Morgan fingerprint density at radius 3 is 1.44 bits per heavy atom. The highest BCUT2D eigenvalue weighted by atomic mass is 15.2. The Hall–Kier alpha value is -7.94. The van der Waals surface area contributed by atoms with Crippen LogP contribution in [0.2, 0.25) is 0 Å². The van der Waals surface area contributed by atoms with Crippen molar-refractivity contribution < 1.29 is 0 Å². The van der Waals surface area contributed by atoms with E-state index in [0.717, 1.165) is 28.4 Å². The van der Waals surface area contributed by atoms with E-state index in [0.29, 0.717) is 0 Å². The molecule has 1 spiro atoms. The first-order valence-corrected chi connectivity index (χ1v) is 22.4. The van der Waals surface area contributed by atoms with Gasteiger partial charge in [0.15, 0.2) is 0 Å². The Morgan fingerprint density at radius 1 is 0.312 bits per heavy atom. The van der Waals surface area contributed by atoms with Gasteiger partial charge < -0.3 is 9.80 Å². The predicted molar refractivity (Wildman–Crippen MR) is 267 cm³/mol. The summed E-state index contributed by atoms with van der Waals surface area (Å²) in [7, 11) is 0. The lowest BCUT2D eigenvalue weighted by Crippen LogP contribution is -2.28. The van der Waals surface area contributed by atoms with Crippen LogP contribution in [0.25, 0.3) is 44.2 Å². The highest BCUT2D eigenvalue weighted by Gasteiger charge is 2.55. The van der Waals surface area contributed by atoms with Gasteiger partial charge in [0, 0.05) is 39.3 Å². The molecule has 302 valence electrons. The Morgan fingerprint density at radius 2 is 0.797 bits per heavy atom. The molecule has 1 atom stereocenters. The number of benzene rings is 10. The Labute approximate surface area is 375 Å². The van der Waals surface area contributed by atoms with E-state index in [1.54, 1.807) is 0 Å². The number of anilines is 6. The van der Waals surface area contributed by atoms with Gasteiger partial charge in [0.1, 0.15) is 0 Å². The predicted octanol–water partition coefficient (Wildman–Crippen LogP) is 16.4. The van der Waals surface area contributed by atoms with Crippen molar-refractivity contribution in [3.8, 4) is 33.4 Å². The van der Waals surface area contributed by atoms with Crippen LogP contribution in [0.5, 0.6) is 0 Å². The number of rotatable bonds is 6. The zero-order valence-electron chi connectivity index (χ0n) is 35.8. The van der Waals surface area contributed by atoms with Crippen LogP contribution in [0.15, 0.2) is 231 Å². The van der Waals surface area contributed by atoms with Gasteiger partial charge in [-0.2, -0.15) is 0 Å². The molecular weight excluding hydrogens is 773 g/mol. The fourth-order valence-electron chi connectivity index (χ4n) is 11.8. The maximum atomic E-state index is 2.56. The number of hydrogen-bond donors (Lipinski definition) is 0. The second kappa shape index (κ2) is 13.8. The molecule has 64 heavy (non-hydrogen) atoms. The summed E-state index contributed by atoms with van der Waals surface area (Å²) in [5.74, 6) is 0. The topological polar surface area (TPSA) is 6.48 Å². The van der Waals surface area contributed by atoms with Crippen molar-refractivity contribution in [3.63, 3.8) is 0 Å². The minimum Gasteiger partial charge on any atom is -0.310 e. The van der Waals surface area contributed by atoms with Gasteiger partial charge in [0.05, 0.1) is 16.8 Å². The molecule has 0 radical (unpaired) electrons. The quantitative estimate of drug-likeness (QED) is 0.165. The van der Waals surface area contributed by atoms with Crippen molar-refractivity contribution in [2.75, 3.05) is 9.80 Å². The fourth-order valence-corrected chi connectivity index (χ4v) is 11.8. The van der Waals surface area contributed by atoms with Gasteiger partial charge in [-0.15, -0.1) is 0 Å². The summed E-state index contributed by atoms with van der Waals surface area (Å²) in [4.78, 5) is 5.00. The monoisotopic (exact) mass is 816 g/mol. The first-order chi connectivity index (χ1) is 31.5. The molecule has 0 saturated heterocycles. The standard InChI is InChI=1S/C62H44N2/c1-61(2)51-32-17-14-29-47(51)48-38-37-45(40-55(48)61)64(44-26-10-5-11-27-44)57-39-41-21-12-13-28-46(41)58-49-30-15-18-33-52(49)62(60(57)58)53-34-19-16-31-50(53)59-54(62)35-20-36-56(59)63(42-22-6-3-7-23-42)43-24-8-4-9-25-43/h3-40H,1-2H3. The van der Waals surface area contributed by atoms with Gasteiger partial charge in [-0.1, -0.05) is 184 Å². The Kier molecular flexibility index (Phi) is 7.90. The van der Waals surface area contributed by atoms with Crippen LogP contribution in [0, 0.1) is 0 Å². The van der Waals surface area contributed by atoms with Gasteiger partial charge in [-0.25, -0.2) is 0 Å². The summed E-state index contributed by atoms with van der Waals surface area (Å²) < 4.78 is 0. The number of nitrogens with zero attached hydrogens (tertiary/aromatic N) is 2. The first kappa shape index (κ1) is 36.7. The first-order valence-electron chi connectivity index (χ1n) is 22.4. The number of fused-ring (bicyclic) bond motifs is 15. The molecule has 10 aromatic rings. The number of hydrogen-bond acceptors (Lipinski definition) is 2. The third-order valence-corrected chi connectivity index (χ3v) is 14.4. The van der Waals surface area contributed by atoms with Gasteiger partial charge in [-0.3, -0.25) is 0 Å². The fraction of sp³-hybridized carbons (Fsp3) is 0.0645. The highest BCUT2D eigenvalue weighted by molar-refractivity contribution is 6.11. The lowest BCUT2D eigenvalue weighted by molar-refractivity contribution is 0.660. The third-order valence-electron chi connectivity index (χ3n) is 14.4. The molecule has 0 N–H and O–H groups in total. The van der Waals surface area contributed by atoms with Gasteiger partial charge >= 0.3 is 0 Å². The van der Waals surface area contributed by atoms with Crippen LogP contribution >= 0.6 is 0 Å². The van der Waals surface area contributed by atoms with Crippen molar-refractivity contribution in [3.05, 3.63) is 264 Å². The minimum absolute atomic E-state index is 0.157. The minimum atomic E-state index is -0.647. The van der Waals surface area contributed by atoms with E-state index < -0.39 is 5.41 Å². The van der Waals surface area contributed by atoms with E-state index in [4.69, 9.17) is 0 Å². The van der Waals surface area contributed by atoms with E-state index >= 15 is 0 Å². The van der Waals surface area contributed by atoms with E-state index in [1.165, 1.54) is 83.2 Å². The second-order valence-electron chi connectivity index (χ2n) is 18.0. The van der Waals surface area contributed by atoms with Crippen molar-refractivity contribution in [1.82, 2.24) is 0 Å². The lowest BCUT2D eigenvalue weighted by atomic mass is 9.69. The van der Waals surface area contributed by atoms with Crippen LogP contribution in [0.4, 0.5) is 34.1 Å². The van der Waals surface area contributed by atoms with Gasteiger partial charge in [0.2, 0.25) is 0 Å². The molecule has 0 fully saturated rings. The lowest BCUT2D eigenvalue weighted by Gasteiger charge is -2.37. The van der Waals surface area contributed by atoms with Crippen molar-refractivity contribution in [2.24, 2.45) is 0 Å². The molecule has 0 aromatic heterocycles. The zero-order chi connectivity index (χ0) is 42.6. The van der Waals surface area contributed by atoms with Gasteiger partial charge in [-0.05, 0) is 127 Å². The van der Waals surface area contributed by atoms with E-state index in [-0.39, 0.29) is 5.41 Å². The molecule has 3 aliphatic carbocycles. The largest absolute Gasteiger partial charge is 0.310 e. The highest BCUT2D eigenvalue weighted by Crippen LogP contribution is 2.68. The van der Waals surface area contributed by atoms with Crippen molar-refractivity contribution >= 4 is 44.9 Å².